The zero-order valence-corrected chi connectivity index (χ0v) is 17.0. The summed E-state index contributed by atoms with van der Waals surface area (Å²) in [5.74, 6) is 0.277. The Morgan fingerprint density at radius 3 is 2.66 bits per heavy atom. The molecule has 1 aliphatic heterocycles. The molecule has 8 heteroatoms. The summed E-state index contributed by atoms with van der Waals surface area (Å²) >= 11 is 1.31. The molecule has 1 aromatic heterocycles. The van der Waals surface area contributed by atoms with Crippen LogP contribution < -0.4 is 4.90 Å². The van der Waals surface area contributed by atoms with Gasteiger partial charge in [0.1, 0.15) is 5.75 Å². The summed E-state index contributed by atoms with van der Waals surface area (Å²) in [6.07, 6.45) is -4.35. The summed E-state index contributed by atoms with van der Waals surface area (Å²) in [6.45, 7) is 7.21. The Morgan fingerprint density at radius 2 is 1.97 bits per heavy atom. The monoisotopic (exact) mass is 421 g/mol. The van der Waals surface area contributed by atoms with E-state index in [-0.39, 0.29) is 11.8 Å². The summed E-state index contributed by atoms with van der Waals surface area (Å²) in [6, 6.07) is 9.50. The number of phenolic OH excluding ortho intramolecular Hbond substituents is 1. The SMILES string of the molecule is Cc1cc(O)cc(CN2CCN(c3nc4ccc(C(F)(F)F)cc4s3)[C@H](C)C2)c1. The van der Waals surface area contributed by atoms with E-state index in [9.17, 15) is 18.3 Å². The van der Waals surface area contributed by atoms with Gasteiger partial charge in [-0.25, -0.2) is 4.98 Å². The van der Waals surface area contributed by atoms with Crippen LogP contribution in [-0.4, -0.2) is 40.7 Å². The smallest absolute Gasteiger partial charge is 0.416 e. The number of nitrogens with zero attached hydrogens (tertiary/aromatic N) is 3. The van der Waals surface area contributed by atoms with E-state index in [2.05, 4.69) is 27.8 Å². The summed E-state index contributed by atoms with van der Waals surface area (Å²) in [5, 5.41) is 10.6. The number of halogens is 3. The van der Waals surface area contributed by atoms with E-state index in [0.717, 1.165) is 48.5 Å². The van der Waals surface area contributed by atoms with E-state index < -0.39 is 11.7 Å². The average molecular weight is 421 g/mol. The van der Waals surface area contributed by atoms with Crippen LogP contribution in [0.1, 0.15) is 23.6 Å². The number of aryl methyl sites for hydroxylation is 1. The van der Waals surface area contributed by atoms with Crippen molar-refractivity contribution in [1.29, 1.82) is 0 Å². The molecule has 2 aromatic carbocycles. The van der Waals surface area contributed by atoms with Gasteiger partial charge in [0.05, 0.1) is 15.8 Å². The normalized spacial score (nSPS) is 18.5. The van der Waals surface area contributed by atoms with Gasteiger partial charge in [-0.2, -0.15) is 13.2 Å². The number of anilines is 1. The Bertz CT molecular complexity index is 1010. The largest absolute Gasteiger partial charge is 0.508 e. The lowest BCUT2D eigenvalue weighted by Crippen LogP contribution is -2.51. The number of piperazine rings is 1. The highest BCUT2D eigenvalue weighted by atomic mass is 32.1. The third-order valence-corrected chi connectivity index (χ3v) is 6.25. The molecule has 4 rings (SSSR count). The number of thiazole rings is 1. The molecule has 0 spiro atoms. The number of benzene rings is 2. The van der Waals surface area contributed by atoms with Gasteiger partial charge in [0.25, 0.3) is 0 Å². The van der Waals surface area contributed by atoms with Crippen molar-refractivity contribution in [2.45, 2.75) is 32.6 Å². The minimum absolute atomic E-state index is 0.185. The second kappa shape index (κ2) is 7.50. The minimum Gasteiger partial charge on any atom is -0.508 e. The molecule has 1 saturated heterocycles. The van der Waals surface area contributed by atoms with E-state index in [4.69, 9.17) is 0 Å². The van der Waals surface area contributed by atoms with Crippen LogP contribution in [0.3, 0.4) is 0 Å². The van der Waals surface area contributed by atoms with Gasteiger partial charge in [0, 0.05) is 32.2 Å². The predicted molar refractivity (Wildman–Crippen MR) is 110 cm³/mol. The van der Waals surface area contributed by atoms with Gasteiger partial charge in [-0.05, 0) is 55.3 Å². The van der Waals surface area contributed by atoms with Crippen LogP contribution in [0.5, 0.6) is 5.75 Å². The van der Waals surface area contributed by atoms with Crippen LogP contribution in [0, 0.1) is 6.92 Å². The van der Waals surface area contributed by atoms with Crippen molar-refractivity contribution in [2.24, 2.45) is 0 Å². The van der Waals surface area contributed by atoms with Crippen molar-refractivity contribution >= 4 is 26.7 Å². The van der Waals surface area contributed by atoms with Crippen molar-refractivity contribution in [1.82, 2.24) is 9.88 Å². The molecule has 1 aliphatic rings. The first-order chi connectivity index (χ1) is 13.7. The maximum atomic E-state index is 13.0. The van der Waals surface area contributed by atoms with Crippen molar-refractivity contribution in [3.63, 3.8) is 0 Å². The van der Waals surface area contributed by atoms with Crippen molar-refractivity contribution < 1.29 is 18.3 Å². The highest BCUT2D eigenvalue weighted by Gasteiger charge is 2.31. The molecule has 0 saturated carbocycles. The fourth-order valence-electron chi connectivity index (χ4n) is 3.86. The maximum Gasteiger partial charge on any atom is 0.416 e. The Balaban J connectivity index is 1.48. The molecule has 1 atom stereocenters. The minimum atomic E-state index is -4.35. The predicted octanol–water partition coefficient (Wildman–Crippen LogP) is 5.04. The lowest BCUT2D eigenvalue weighted by atomic mass is 10.1. The quantitative estimate of drug-likeness (QED) is 0.643. The molecule has 29 heavy (non-hydrogen) atoms. The number of alkyl halides is 3. The number of aromatic hydroxyl groups is 1. The molecule has 1 fully saturated rings. The van der Waals surface area contributed by atoms with Gasteiger partial charge < -0.3 is 10.0 Å². The fourth-order valence-corrected chi connectivity index (χ4v) is 5.00. The highest BCUT2D eigenvalue weighted by molar-refractivity contribution is 7.22. The number of aromatic nitrogens is 1. The summed E-state index contributed by atoms with van der Waals surface area (Å²) < 4.78 is 39.4. The van der Waals surface area contributed by atoms with Crippen LogP contribution in [-0.2, 0) is 12.7 Å². The first-order valence-electron chi connectivity index (χ1n) is 9.45. The van der Waals surface area contributed by atoms with Crippen LogP contribution in [0.4, 0.5) is 18.3 Å². The third kappa shape index (κ3) is 4.33. The number of hydrogen-bond donors (Lipinski definition) is 1. The zero-order chi connectivity index (χ0) is 20.8. The molecule has 0 aliphatic carbocycles. The van der Waals surface area contributed by atoms with Gasteiger partial charge >= 0.3 is 6.18 Å². The number of rotatable bonds is 3. The van der Waals surface area contributed by atoms with E-state index in [1.54, 1.807) is 12.1 Å². The first kappa shape index (κ1) is 20.0. The topological polar surface area (TPSA) is 39.6 Å². The Kier molecular flexibility index (Phi) is 5.16. The van der Waals surface area contributed by atoms with E-state index in [1.807, 2.05) is 6.92 Å². The zero-order valence-electron chi connectivity index (χ0n) is 16.2. The number of phenols is 1. The van der Waals surface area contributed by atoms with Gasteiger partial charge in [-0.3, -0.25) is 4.90 Å². The van der Waals surface area contributed by atoms with Gasteiger partial charge in [0.2, 0.25) is 0 Å². The maximum absolute atomic E-state index is 13.0. The number of fused-ring (bicyclic) bond motifs is 1. The van der Waals surface area contributed by atoms with Gasteiger partial charge in [-0.1, -0.05) is 17.4 Å². The molecule has 0 unspecified atom stereocenters. The molecular formula is C21H22F3N3OS. The summed E-state index contributed by atoms with van der Waals surface area (Å²) in [5.41, 5.74) is 2.06. The molecule has 154 valence electrons. The molecule has 1 N–H and O–H groups in total. The average Bonchev–Trinajstić information content (AvgIpc) is 3.03. The second-order valence-electron chi connectivity index (χ2n) is 7.63. The van der Waals surface area contributed by atoms with E-state index in [1.165, 1.54) is 23.5 Å². The molecule has 0 radical (unpaired) electrons. The fraction of sp³-hybridized carbons (Fsp3) is 0.381. The number of hydrogen-bond acceptors (Lipinski definition) is 5. The molecule has 0 bridgehead atoms. The van der Waals surface area contributed by atoms with Gasteiger partial charge in [0.15, 0.2) is 5.13 Å². The lowest BCUT2D eigenvalue weighted by molar-refractivity contribution is -0.137. The molecule has 2 heterocycles. The van der Waals surface area contributed by atoms with Crippen LogP contribution >= 0.6 is 11.3 Å². The first-order valence-corrected chi connectivity index (χ1v) is 10.3. The highest BCUT2D eigenvalue weighted by Crippen LogP contribution is 2.36. The van der Waals surface area contributed by atoms with Crippen LogP contribution in [0.2, 0.25) is 0 Å². The van der Waals surface area contributed by atoms with Gasteiger partial charge in [-0.15, -0.1) is 0 Å². The van der Waals surface area contributed by atoms with Crippen molar-refractivity contribution in [2.75, 3.05) is 24.5 Å². The third-order valence-electron chi connectivity index (χ3n) is 5.19. The molecule has 3 aromatic rings. The van der Waals surface area contributed by atoms with Crippen LogP contribution in [0.25, 0.3) is 10.2 Å². The molecular weight excluding hydrogens is 399 g/mol. The van der Waals surface area contributed by atoms with Crippen molar-refractivity contribution in [3.8, 4) is 5.75 Å². The molecule has 0 amide bonds. The Labute approximate surface area is 171 Å². The molecule has 4 nitrogen and oxygen atoms in total. The van der Waals surface area contributed by atoms with Crippen molar-refractivity contribution in [3.05, 3.63) is 53.1 Å². The van der Waals surface area contributed by atoms with E-state index in [0.29, 0.717) is 10.2 Å². The van der Waals surface area contributed by atoms with E-state index >= 15 is 0 Å². The summed E-state index contributed by atoms with van der Waals surface area (Å²) in [4.78, 5) is 9.06. The standard InChI is InChI=1S/C21H22F3N3OS/c1-13-7-15(9-17(28)8-13)12-26-5-6-27(14(2)11-26)20-25-18-4-3-16(21(22,23)24)10-19(18)29-20/h3-4,7-10,14,28H,5-6,11-12H2,1-2H3/t14-/m1/s1. The van der Waals surface area contributed by atoms with Crippen LogP contribution in [0.15, 0.2) is 36.4 Å². The Morgan fingerprint density at radius 1 is 1.17 bits per heavy atom. The lowest BCUT2D eigenvalue weighted by Gasteiger charge is -2.39. The second-order valence-corrected chi connectivity index (χ2v) is 8.64. The summed E-state index contributed by atoms with van der Waals surface area (Å²) in [7, 11) is 0. The Hall–Kier alpha value is -2.32.